The number of ether oxygens (including phenoxy) is 1. The molecule has 0 aromatic heterocycles. The van der Waals surface area contributed by atoms with Gasteiger partial charge >= 0.3 is 0 Å². The number of nitrogens with zero attached hydrogens (tertiary/aromatic N) is 1. The summed E-state index contributed by atoms with van der Waals surface area (Å²) in [4.78, 5) is 26.3. The largest absolute Gasteiger partial charge is 0.502 e. The molecule has 2 heterocycles. The molecule has 0 spiro atoms. The Hall–Kier alpha value is -2.08. The van der Waals surface area contributed by atoms with Crippen LogP contribution in [0.25, 0.3) is 0 Å². The molecule has 0 amide bonds. The summed E-state index contributed by atoms with van der Waals surface area (Å²) in [7, 11) is 0. The Morgan fingerprint density at radius 2 is 1.90 bits per heavy atom. The Balaban J connectivity index is 2.06. The number of likely N-dealkylation sites (tertiary alicyclic amines) is 1. The normalized spacial score (nSPS) is 33.1. The fourth-order valence-electron chi connectivity index (χ4n) is 2.89. The maximum atomic E-state index is 12.4. The molecule has 1 fully saturated rings. The first-order valence-corrected chi connectivity index (χ1v) is 6.95. The van der Waals surface area contributed by atoms with E-state index in [-0.39, 0.29) is 17.1 Å². The summed E-state index contributed by atoms with van der Waals surface area (Å²) in [6, 6.07) is 0. The van der Waals surface area contributed by atoms with Crippen LogP contribution in [-0.4, -0.2) is 45.4 Å². The molecular formula is C15H17NO5. The highest BCUT2D eigenvalue weighted by Crippen LogP contribution is 2.38. The predicted molar refractivity (Wildman–Crippen MR) is 73.0 cm³/mol. The van der Waals surface area contributed by atoms with Gasteiger partial charge in [-0.05, 0) is 32.8 Å². The van der Waals surface area contributed by atoms with Gasteiger partial charge in [-0.25, -0.2) is 0 Å². The molecule has 21 heavy (non-hydrogen) atoms. The van der Waals surface area contributed by atoms with Gasteiger partial charge in [-0.3, -0.25) is 9.59 Å². The maximum Gasteiger partial charge on any atom is 0.266 e. The molecule has 0 aromatic rings. The molecule has 1 atom stereocenters. The highest BCUT2D eigenvalue weighted by molar-refractivity contribution is 6.13. The Morgan fingerprint density at radius 1 is 1.29 bits per heavy atom. The van der Waals surface area contributed by atoms with Crippen LogP contribution < -0.4 is 0 Å². The van der Waals surface area contributed by atoms with Crippen molar-refractivity contribution in [3.63, 3.8) is 0 Å². The van der Waals surface area contributed by atoms with Crippen molar-refractivity contribution in [3.8, 4) is 0 Å². The summed E-state index contributed by atoms with van der Waals surface area (Å²) in [6.07, 6.45) is 3.50. The standard InChI is InChI=1S/C15H17NO5/c1-8-11(17)12(18)13(21-8)9-7-10(14(19)15(9,2)20)16-5-3-4-6-16/h7,17,20H,3-6H2,1-2H3/b13-9+. The van der Waals surface area contributed by atoms with Crippen molar-refractivity contribution >= 4 is 11.6 Å². The van der Waals surface area contributed by atoms with E-state index in [1.165, 1.54) is 19.9 Å². The molecule has 112 valence electrons. The van der Waals surface area contributed by atoms with Crippen LogP contribution in [0.1, 0.15) is 26.7 Å². The van der Waals surface area contributed by atoms with E-state index in [1.54, 1.807) is 0 Å². The van der Waals surface area contributed by atoms with Crippen LogP contribution in [0.4, 0.5) is 0 Å². The lowest BCUT2D eigenvalue weighted by Crippen LogP contribution is -2.37. The Labute approximate surface area is 122 Å². The Kier molecular flexibility index (Phi) is 2.95. The first kappa shape index (κ1) is 13.9. The van der Waals surface area contributed by atoms with Crippen LogP contribution in [0.2, 0.25) is 0 Å². The minimum absolute atomic E-state index is 0.0776. The number of allylic oxidation sites excluding steroid dienone is 1. The predicted octanol–water partition coefficient (Wildman–Crippen LogP) is 0.943. The number of hydrogen-bond donors (Lipinski definition) is 2. The summed E-state index contributed by atoms with van der Waals surface area (Å²) in [5.41, 5.74) is -1.29. The lowest BCUT2D eigenvalue weighted by atomic mass is 9.95. The van der Waals surface area contributed by atoms with Gasteiger partial charge in [0.25, 0.3) is 5.78 Å². The quantitative estimate of drug-likeness (QED) is 0.699. The van der Waals surface area contributed by atoms with Gasteiger partial charge in [0, 0.05) is 18.7 Å². The summed E-state index contributed by atoms with van der Waals surface area (Å²) in [5, 5.41) is 20.1. The van der Waals surface area contributed by atoms with Gasteiger partial charge in [0.1, 0.15) is 5.76 Å². The highest BCUT2D eigenvalue weighted by Gasteiger charge is 2.48. The molecule has 3 aliphatic rings. The number of carbonyl (C=O) groups is 2. The molecule has 0 bridgehead atoms. The molecule has 0 radical (unpaired) electrons. The summed E-state index contributed by atoms with van der Waals surface area (Å²) >= 11 is 0. The monoisotopic (exact) mass is 291 g/mol. The van der Waals surface area contributed by atoms with Gasteiger partial charge in [-0.1, -0.05) is 0 Å². The number of ketones is 2. The second-order valence-electron chi connectivity index (χ2n) is 5.70. The smallest absolute Gasteiger partial charge is 0.266 e. The first-order chi connectivity index (χ1) is 9.84. The summed E-state index contributed by atoms with van der Waals surface area (Å²) < 4.78 is 5.25. The molecule has 1 saturated heterocycles. The highest BCUT2D eigenvalue weighted by atomic mass is 16.5. The molecule has 1 aliphatic carbocycles. The first-order valence-electron chi connectivity index (χ1n) is 6.95. The number of hydrogen-bond acceptors (Lipinski definition) is 6. The SMILES string of the molecule is CC1=C(O)C(=O)/C(=C2/C=C(N3CCCC3)C(=O)C2(C)O)O1. The van der Waals surface area contributed by atoms with E-state index in [0.717, 1.165) is 25.9 Å². The second-order valence-corrected chi connectivity index (χ2v) is 5.70. The van der Waals surface area contributed by atoms with Crippen LogP contribution in [0.15, 0.2) is 34.6 Å². The van der Waals surface area contributed by atoms with Crippen molar-refractivity contribution in [1.29, 1.82) is 0 Å². The third-order valence-corrected chi connectivity index (χ3v) is 4.18. The number of Topliss-reactive ketones (excluding diaryl/α,β-unsaturated/α-hetero) is 2. The van der Waals surface area contributed by atoms with Gasteiger partial charge in [-0.2, -0.15) is 0 Å². The van der Waals surface area contributed by atoms with Crippen molar-refractivity contribution in [3.05, 3.63) is 34.6 Å². The average molecular weight is 291 g/mol. The fraction of sp³-hybridized carbons (Fsp3) is 0.467. The molecule has 0 saturated carbocycles. The summed E-state index contributed by atoms with van der Waals surface area (Å²) in [6.45, 7) is 4.32. The van der Waals surface area contributed by atoms with E-state index in [2.05, 4.69) is 0 Å². The van der Waals surface area contributed by atoms with Crippen molar-refractivity contribution < 1.29 is 24.5 Å². The summed E-state index contributed by atoms with van der Waals surface area (Å²) in [5.74, 6) is -1.71. The van der Waals surface area contributed by atoms with Crippen LogP contribution in [0, 0.1) is 0 Å². The van der Waals surface area contributed by atoms with Crippen molar-refractivity contribution in [2.24, 2.45) is 0 Å². The van der Waals surface area contributed by atoms with E-state index in [1.807, 2.05) is 4.90 Å². The van der Waals surface area contributed by atoms with Crippen molar-refractivity contribution in [2.45, 2.75) is 32.3 Å². The van der Waals surface area contributed by atoms with Crippen molar-refractivity contribution in [2.75, 3.05) is 13.1 Å². The van der Waals surface area contributed by atoms with E-state index >= 15 is 0 Å². The maximum absolute atomic E-state index is 12.4. The molecule has 1 unspecified atom stereocenters. The lowest BCUT2D eigenvalue weighted by molar-refractivity contribution is -0.128. The van der Waals surface area contributed by atoms with Crippen LogP contribution in [0.5, 0.6) is 0 Å². The molecule has 6 heteroatoms. The lowest BCUT2D eigenvalue weighted by Gasteiger charge is -2.21. The molecular weight excluding hydrogens is 274 g/mol. The van der Waals surface area contributed by atoms with Crippen LogP contribution in [-0.2, 0) is 14.3 Å². The molecule has 2 aliphatic heterocycles. The minimum atomic E-state index is -1.81. The fourth-order valence-corrected chi connectivity index (χ4v) is 2.89. The van der Waals surface area contributed by atoms with E-state index in [9.17, 15) is 19.8 Å². The average Bonchev–Trinajstić information content (AvgIpc) is 3.09. The number of aliphatic hydroxyl groups excluding tert-OH is 1. The Morgan fingerprint density at radius 3 is 2.43 bits per heavy atom. The van der Waals surface area contributed by atoms with Crippen LogP contribution >= 0.6 is 0 Å². The van der Waals surface area contributed by atoms with E-state index in [0.29, 0.717) is 5.70 Å². The van der Waals surface area contributed by atoms with Gasteiger partial charge in [0.15, 0.2) is 11.4 Å². The molecule has 6 nitrogen and oxygen atoms in total. The number of carbonyl (C=O) groups excluding carboxylic acids is 2. The zero-order valence-corrected chi connectivity index (χ0v) is 12.0. The third-order valence-electron chi connectivity index (χ3n) is 4.18. The van der Waals surface area contributed by atoms with Gasteiger partial charge in [0.2, 0.25) is 11.5 Å². The van der Waals surface area contributed by atoms with Gasteiger partial charge in [-0.15, -0.1) is 0 Å². The number of aliphatic hydroxyl groups is 2. The second kappa shape index (κ2) is 4.46. The van der Waals surface area contributed by atoms with Crippen molar-refractivity contribution in [1.82, 2.24) is 4.90 Å². The van der Waals surface area contributed by atoms with Gasteiger partial charge < -0.3 is 19.8 Å². The molecule has 0 aromatic carbocycles. The van der Waals surface area contributed by atoms with E-state index < -0.39 is 22.9 Å². The zero-order chi connectivity index (χ0) is 15.4. The van der Waals surface area contributed by atoms with E-state index in [4.69, 9.17) is 4.74 Å². The molecule has 2 N–H and O–H groups in total. The third kappa shape index (κ3) is 1.90. The molecule has 3 rings (SSSR count). The zero-order valence-electron chi connectivity index (χ0n) is 12.0. The topological polar surface area (TPSA) is 87.1 Å². The minimum Gasteiger partial charge on any atom is -0.502 e. The Bertz CT molecular complexity index is 632. The van der Waals surface area contributed by atoms with Gasteiger partial charge in [0.05, 0.1) is 5.70 Å². The van der Waals surface area contributed by atoms with Crippen LogP contribution in [0.3, 0.4) is 0 Å². The number of rotatable bonds is 1.